The second kappa shape index (κ2) is 6.86. The summed E-state index contributed by atoms with van der Waals surface area (Å²) >= 11 is 1.44. The number of hydrogen-bond donors (Lipinski definition) is 1. The van der Waals surface area contributed by atoms with E-state index in [1.54, 1.807) is 6.92 Å². The van der Waals surface area contributed by atoms with Gasteiger partial charge >= 0.3 is 5.97 Å². The van der Waals surface area contributed by atoms with E-state index in [0.29, 0.717) is 13.2 Å². The van der Waals surface area contributed by atoms with Gasteiger partial charge in [0, 0.05) is 19.3 Å². The van der Waals surface area contributed by atoms with Crippen LogP contribution in [-0.4, -0.2) is 59.2 Å². The first-order valence-electron chi connectivity index (χ1n) is 5.69. The number of aliphatic carboxylic acids is 1. The van der Waals surface area contributed by atoms with Crippen molar-refractivity contribution in [3.63, 3.8) is 0 Å². The number of carboxylic acid groups (broad SMARTS) is 1. The van der Waals surface area contributed by atoms with Gasteiger partial charge in [-0.25, -0.2) is 0 Å². The van der Waals surface area contributed by atoms with E-state index in [0.717, 1.165) is 12.8 Å². The van der Waals surface area contributed by atoms with Crippen LogP contribution in [0.2, 0.25) is 0 Å². The maximum atomic E-state index is 12.1. The van der Waals surface area contributed by atoms with Crippen molar-refractivity contribution < 1.29 is 19.4 Å². The molecule has 1 rings (SSSR count). The van der Waals surface area contributed by atoms with Crippen LogP contribution in [0.1, 0.15) is 19.8 Å². The Labute approximate surface area is 105 Å². The van der Waals surface area contributed by atoms with Crippen molar-refractivity contribution in [2.45, 2.75) is 31.1 Å². The predicted octanol–water partition coefficient (Wildman–Crippen LogP) is 0.830. The normalized spacial score (nSPS) is 18.7. The Hall–Kier alpha value is -0.750. The van der Waals surface area contributed by atoms with Crippen molar-refractivity contribution in [2.75, 3.05) is 26.0 Å². The molecule has 0 bridgehead atoms. The summed E-state index contributed by atoms with van der Waals surface area (Å²) in [4.78, 5) is 24.4. The Morgan fingerprint density at radius 2 is 2.06 bits per heavy atom. The molecule has 1 saturated heterocycles. The fourth-order valence-corrected chi connectivity index (χ4v) is 2.20. The summed E-state index contributed by atoms with van der Waals surface area (Å²) in [6.07, 6.45) is 3.30. The van der Waals surface area contributed by atoms with Crippen LogP contribution in [-0.2, 0) is 14.3 Å². The average Bonchev–Trinajstić information content (AvgIpc) is 2.35. The number of ether oxygens (including phenoxy) is 1. The minimum Gasteiger partial charge on any atom is -0.480 e. The third-order valence-corrected chi connectivity index (χ3v) is 3.83. The lowest BCUT2D eigenvalue weighted by Crippen LogP contribution is -2.48. The Balaban J connectivity index is 2.70. The fraction of sp³-hybridized carbons (Fsp3) is 0.818. The zero-order valence-corrected chi connectivity index (χ0v) is 11.0. The van der Waals surface area contributed by atoms with Gasteiger partial charge in [0.1, 0.15) is 6.54 Å². The second-order valence-corrected chi connectivity index (χ2v) is 5.26. The van der Waals surface area contributed by atoms with E-state index in [1.165, 1.54) is 16.7 Å². The van der Waals surface area contributed by atoms with Gasteiger partial charge in [-0.15, -0.1) is 0 Å². The number of hydrogen-bond acceptors (Lipinski definition) is 4. The highest BCUT2D eigenvalue weighted by atomic mass is 32.2. The number of carboxylic acids is 1. The van der Waals surface area contributed by atoms with Crippen LogP contribution in [0.3, 0.4) is 0 Å². The molecule has 1 atom stereocenters. The van der Waals surface area contributed by atoms with Crippen molar-refractivity contribution in [3.05, 3.63) is 0 Å². The van der Waals surface area contributed by atoms with Crippen LogP contribution in [0.25, 0.3) is 0 Å². The van der Waals surface area contributed by atoms with Crippen LogP contribution in [0, 0.1) is 0 Å². The van der Waals surface area contributed by atoms with Gasteiger partial charge in [-0.3, -0.25) is 9.59 Å². The number of rotatable bonds is 5. The second-order valence-electron chi connectivity index (χ2n) is 4.08. The standard InChI is InChI=1S/C11H19NO4S/c1-8(17-2)11(15)12(7-10(13)14)9-3-5-16-6-4-9/h8-9H,3-7H2,1-2H3,(H,13,14)/t8-/m0/s1. The molecule has 0 unspecified atom stereocenters. The SMILES string of the molecule is CS[C@@H](C)C(=O)N(CC(=O)O)C1CCOCC1. The van der Waals surface area contributed by atoms with Gasteiger partial charge in [-0.1, -0.05) is 0 Å². The molecule has 98 valence electrons. The Morgan fingerprint density at radius 3 is 2.53 bits per heavy atom. The Bertz CT molecular complexity index is 279. The zero-order chi connectivity index (χ0) is 12.8. The van der Waals surface area contributed by atoms with E-state index >= 15 is 0 Å². The summed E-state index contributed by atoms with van der Waals surface area (Å²) in [6.45, 7) is 2.79. The van der Waals surface area contributed by atoms with E-state index in [2.05, 4.69) is 0 Å². The minimum absolute atomic E-state index is 0.00181. The molecule has 0 aromatic heterocycles. The number of carbonyl (C=O) groups excluding carboxylic acids is 1. The molecular weight excluding hydrogens is 242 g/mol. The minimum atomic E-state index is -0.960. The maximum Gasteiger partial charge on any atom is 0.323 e. The number of thioether (sulfide) groups is 1. The quantitative estimate of drug-likeness (QED) is 0.794. The molecule has 1 heterocycles. The number of nitrogens with zero attached hydrogens (tertiary/aromatic N) is 1. The molecule has 0 aromatic carbocycles. The summed E-state index contributed by atoms with van der Waals surface area (Å²) in [6, 6.07) is 0.00181. The van der Waals surface area contributed by atoms with Gasteiger partial charge in [-0.2, -0.15) is 11.8 Å². The lowest BCUT2D eigenvalue weighted by molar-refractivity contribution is -0.147. The molecule has 1 fully saturated rings. The lowest BCUT2D eigenvalue weighted by atomic mass is 10.1. The highest BCUT2D eigenvalue weighted by molar-refractivity contribution is 7.99. The summed E-state index contributed by atoms with van der Waals surface area (Å²) in [5.74, 6) is -1.05. The smallest absolute Gasteiger partial charge is 0.323 e. The van der Waals surface area contributed by atoms with Crippen LogP contribution in [0.5, 0.6) is 0 Å². The van der Waals surface area contributed by atoms with Crippen LogP contribution in [0.15, 0.2) is 0 Å². The molecule has 0 aromatic rings. The van der Waals surface area contributed by atoms with Gasteiger partial charge in [-0.05, 0) is 26.0 Å². The predicted molar refractivity (Wildman–Crippen MR) is 66.2 cm³/mol. The van der Waals surface area contributed by atoms with E-state index in [4.69, 9.17) is 9.84 Å². The van der Waals surface area contributed by atoms with E-state index < -0.39 is 5.97 Å². The third-order valence-electron chi connectivity index (χ3n) is 2.92. The third kappa shape index (κ3) is 4.20. The maximum absolute atomic E-state index is 12.1. The van der Waals surface area contributed by atoms with E-state index in [-0.39, 0.29) is 23.7 Å². The van der Waals surface area contributed by atoms with Crippen LogP contribution in [0.4, 0.5) is 0 Å². The van der Waals surface area contributed by atoms with Crippen molar-refractivity contribution in [2.24, 2.45) is 0 Å². The summed E-state index contributed by atoms with van der Waals surface area (Å²) in [7, 11) is 0. The molecule has 1 aliphatic rings. The fourth-order valence-electron chi connectivity index (χ4n) is 1.86. The first kappa shape index (κ1) is 14.3. The van der Waals surface area contributed by atoms with Crippen LogP contribution < -0.4 is 0 Å². The van der Waals surface area contributed by atoms with Crippen LogP contribution >= 0.6 is 11.8 Å². The summed E-state index contributed by atoms with van der Waals surface area (Å²) in [5.41, 5.74) is 0. The average molecular weight is 261 g/mol. The molecule has 6 heteroatoms. The molecule has 17 heavy (non-hydrogen) atoms. The Morgan fingerprint density at radius 1 is 1.47 bits per heavy atom. The molecule has 0 radical (unpaired) electrons. The van der Waals surface area contributed by atoms with Crippen molar-refractivity contribution >= 4 is 23.6 Å². The first-order valence-corrected chi connectivity index (χ1v) is 6.98. The number of amides is 1. The van der Waals surface area contributed by atoms with Gasteiger partial charge in [0.15, 0.2) is 0 Å². The van der Waals surface area contributed by atoms with Crippen molar-refractivity contribution in [1.82, 2.24) is 4.90 Å². The van der Waals surface area contributed by atoms with Crippen molar-refractivity contribution in [3.8, 4) is 0 Å². The molecule has 0 aliphatic carbocycles. The highest BCUT2D eigenvalue weighted by Gasteiger charge is 2.29. The molecule has 1 amide bonds. The molecule has 1 N–H and O–H groups in total. The summed E-state index contributed by atoms with van der Waals surface area (Å²) < 4.78 is 5.23. The molecule has 0 spiro atoms. The van der Waals surface area contributed by atoms with Gasteiger partial charge < -0.3 is 14.7 Å². The number of carbonyl (C=O) groups is 2. The van der Waals surface area contributed by atoms with Gasteiger partial charge in [0.25, 0.3) is 0 Å². The van der Waals surface area contributed by atoms with E-state index in [1.807, 2.05) is 6.26 Å². The molecule has 5 nitrogen and oxygen atoms in total. The topological polar surface area (TPSA) is 66.8 Å². The zero-order valence-electron chi connectivity index (χ0n) is 10.2. The largest absolute Gasteiger partial charge is 0.480 e. The first-order chi connectivity index (χ1) is 8.06. The highest BCUT2D eigenvalue weighted by Crippen LogP contribution is 2.18. The Kier molecular flexibility index (Phi) is 5.77. The summed E-state index contributed by atoms with van der Waals surface area (Å²) in [5, 5.41) is 8.69. The lowest BCUT2D eigenvalue weighted by Gasteiger charge is -2.34. The molecule has 1 aliphatic heterocycles. The molecular formula is C11H19NO4S. The van der Waals surface area contributed by atoms with Crippen molar-refractivity contribution in [1.29, 1.82) is 0 Å². The van der Waals surface area contributed by atoms with Gasteiger partial charge in [0.2, 0.25) is 5.91 Å². The monoisotopic (exact) mass is 261 g/mol. The van der Waals surface area contributed by atoms with E-state index in [9.17, 15) is 9.59 Å². The molecule has 0 saturated carbocycles. The van der Waals surface area contributed by atoms with Gasteiger partial charge in [0.05, 0.1) is 5.25 Å².